The number of aryl methyl sites for hydroxylation is 1. The van der Waals surface area contributed by atoms with Crippen molar-refractivity contribution in [2.75, 3.05) is 0 Å². The lowest BCUT2D eigenvalue weighted by atomic mass is 10.1. The third kappa shape index (κ3) is 4.05. The van der Waals surface area contributed by atoms with E-state index >= 15 is 0 Å². The van der Waals surface area contributed by atoms with Gasteiger partial charge in [-0.05, 0) is 53.4 Å². The summed E-state index contributed by atoms with van der Waals surface area (Å²) in [6, 6.07) is 5.44. The number of rotatable bonds is 6. The first kappa shape index (κ1) is 15.0. The third-order valence-corrected chi connectivity index (χ3v) is 3.64. The standard InChI is InChI=1S/C13H13BrClN3O2/c14-11-7-9(15)5-6-12(11)18-8-10(16-17-18)3-1-2-4-13(19)20/h5-8H,1-4H2,(H,19,20). The van der Waals surface area contributed by atoms with Crippen LogP contribution in [-0.2, 0) is 11.2 Å². The third-order valence-electron chi connectivity index (χ3n) is 2.77. The molecule has 5 nitrogen and oxygen atoms in total. The van der Waals surface area contributed by atoms with Crippen molar-refractivity contribution in [3.63, 3.8) is 0 Å². The first-order valence-corrected chi connectivity index (χ1v) is 7.32. The number of unbranched alkanes of at least 4 members (excludes halogenated alkanes) is 1. The number of carbonyl (C=O) groups is 1. The van der Waals surface area contributed by atoms with E-state index in [0.717, 1.165) is 28.7 Å². The molecule has 0 radical (unpaired) electrons. The predicted octanol–water partition coefficient (Wildman–Crippen LogP) is 3.48. The van der Waals surface area contributed by atoms with Crippen molar-refractivity contribution in [1.29, 1.82) is 0 Å². The quantitative estimate of drug-likeness (QED) is 0.803. The van der Waals surface area contributed by atoms with Crippen LogP contribution in [0.5, 0.6) is 0 Å². The van der Waals surface area contributed by atoms with Crippen LogP contribution in [0, 0.1) is 0 Å². The first-order chi connectivity index (χ1) is 9.56. The molecule has 0 amide bonds. The molecule has 0 aliphatic rings. The minimum absolute atomic E-state index is 0.191. The van der Waals surface area contributed by atoms with Gasteiger partial charge in [0.2, 0.25) is 0 Å². The van der Waals surface area contributed by atoms with Crippen LogP contribution >= 0.6 is 27.5 Å². The van der Waals surface area contributed by atoms with Gasteiger partial charge in [-0.3, -0.25) is 4.79 Å². The van der Waals surface area contributed by atoms with E-state index in [1.165, 1.54) is 0 Å². The van der Waals surface area contributed by atoms with Gasteiger partial charge in [-0.25, -0.2) is 4.68 Å². The maximum atomic E-state index is 10.4. The Kier molecular flexibility index (Phi) is 5.14. The van der Waals surface area contributed by atoms with Gasteiger partial charge in [0, 0.05) is 15.9 Å². The maximum absolute atomic E-state index is 10.4. The predicted molar refractivity (Wildman–Crippen MR) is 79.3 cm³/mol. The van der Waals surface area contributed by atoms with Crippen LogP contribution in [0.15, 0.2) is 28.9 Å². The largest absolute Gasteiger partial charge is 0.481 e. The van der Waals surface area contributed by atoms with Gasteiger partial charge >= 0.3 is 5.97 Å². The second-order valence-electron chi connectivity index (χ2n) is 4.35. The Morgan fingerprint density at radius 1 is 1.40 bits per heavy atom. The summed E-state index contributed by atoms with van der Waals surface area (Å²) in [4.78, 5) is 10.4. The van der Waals surface area contributed by atoms with Gasteiger partial charge in [0.25, 0.3) is 0 Å². The monoisotopic (exact) mass is 357 g/mol. The fourth-order valence-electron chi connectivity index (χ4n) is 1.78. The lowest BCUT2D eigenvalue weighted by molar-refractivity contribution is -0.137. The number of hydrogen-bond donors (Lipinski definition) is 1. The molecule has 20 heavy (non-hydrogen) atoms. The molecule has 0 aliphatic heterocycles. The molecule has 0 spiro atoms. The van der Waals surface area contributed by atoms with Gasteiger partial charge in [-0.1, -0.05) is 16.8 Å². The zero-order chi connectivity index (χ0) is 14.5. The highest BCUT2D eigenvalue weighted by molar-refractivity contribution is 9.10. The molecule has 0 saturated carbocycles. The van der Waals surface area contributed by atoms with Crippen LogP contribution < -0.4 is 0 Å². The van der Waals surface area contributed by atoms with Gasteiger partial charge in [-0.15, -0.1) is 5.10 Å². The van der Waals surface area contributed by atoms with Gasteiger partial charge < -0.3 is 5.11 Å². The Hall–Kier alpha value is -1.40. The molecule has 1 heterocycles. The molecule has 0 unspecified atom stereocenters. The second kappa shape index (κ2) is 6.85. The van der Waals surface area contributed by atoms with Crippen LogP contribution in [0.25, 0.3) is 5.69 Å². The normalized spacial score (nSPS) is 10.7. The Balaban J connectivity index is 1.99. The number of carboxylic acids is 1. The highest BCUT2D eigenvalue weighted by Crippen LogP contribution is 2.24. The molecule has 1 aromatic carbocycles. The number of halogens is 2. The average Bonchev–Trinajstić information content (AvgIpc) is 2.83. The summed E-state index contributed by atoms with van der Waals surface area (Å²) < 4.78 is 2.51. The molecule has 0 fully saturated rings. The van der Waals surface area contributed by atoms with Gasteiger partial charge in [-0.2, -0.15) is 0 Å². The lowest BCUT2D eigenvalue weighted by Gasteiger charge is -2.03. The summed E-state index contributed by atoms with van der Waals surface area (Å²) in [5, 5.41) is 17.4. The molecule has 0 atom stereocenters. The molecular formula is C13H13BrClN3O2. The highest BCUT2D eigenvalue weighted by Gasteiger charge is 2.07. The van der Waals surface area contributed by atoms with Crippen LogP contribution in [0.4, 0.5) is 0 Å². The molecule has 0 saturated heterocycles. The SMILES string of the molecule is O=C(O)CCCCc1cn(-c2ccc(Cl)cc2Br)nn1. The van der Waals surface area contributed by atoms with Crippen molar-refractivity contribution in [2.24, 2.45) is 0 Å². The van der Waals surface area contributed by atoms with E-state index in [1.54, 1.807) is 16.8 Å². The summed E-state index contributed by atoms with van der Waals surface area (Å²) in [7, 11) is 0. The summed E-state index contributed by atoms with van der Waals surface area (Å²) in [5.74, 6) is -0.765. The first-order valence-electron chi connectivity index (χ1n) is 6.14. The van der Waals surface area contributed by atoms with Gasteiger partial charge in [0.1, 0.15) is 0 Å². The Morgan fingerprint density at radius 3 is 2.90 bits per heavy atom. The molecule has 2 aromatic rings. The van der Waals surface area contributed by atoms with E-state index < -0.39 is 5.97 Å². The Bertz CT molecular complexity index is 615. The second-order valence-corrected chi connectivity index (χ2v) is 5.64. The molecule has 0 aliphatic carbocycles. The van der Waals surface area contributed by atoms with Crippen LogP contribution in [0.3, 0.4) is 0 Å². The number of hydrogen-bond acceptors (Lipinski definition) is 3. The van der Waals surface area contributed by atoms with E-state index in [2.05, 4.69) is 26.2 Å². The van der Waals surface area contributed by atoms with E-state index in [0.29, 0.717) is 11.4 Å². The lowest BCUT2D eigenvalue weighted by Crippen LogP contribution is -1.96. The minimum atomic E-state index is -0.765. The van der Waals surface area contributed by atoms with E-state index in [-0.39, 0.29) is 6.42 Å². The number of aliphatic carboxylic acids is 1. The van der Waals surface area contributed by atoms with Crippen molar-refractivity contribution >= 4 is 33.5 Å². The number of aromatic nitrogens is 3. The van der Waals surface area contributed by atoms with Crippen LogP contribution in [0.2, 0.25) is 5.02 Å². The highest BCUT2D eigenvalue weighted by atomic mass is 79.9. The molecule has 0 bridgehead atoms. The maximum Gasteiger partial charge on any atom is 0.303 e. The summed E-state index contributed by atoms with van der Waals surface area (Å²) in [6.45, 7) is 0. The fourth-order valence-corrected chi connectivity index (χ4v) is 2.64. The van der Waals surface area contributed by atoms with Crippen molar-refractivity contribution in [2.45, 2.75) is 25.7 Å². The molecule has 7 heteroatoms. The smallest absolute Gasteiger partial charge is 0.303 e. The molecule has 106 valence electrons. The number of benzene rings is 1. The summed E-state index contributed by atoms with van der Waals surface area (Å²) in [5.41, 5.74) is 1.70. The van der Waals surface area contributed by atoms with Crippen molar-refractivity contribution in [3.05, 3.63) is 39.6 Å². The van der Waals surface area contributed by atoms with Crippen LogP contribution in [-0.4, -0.2) is 26.1 Å². The summed E-state index contributed by atoms with van der Waals surface area (Å²) >= 11 is 9.33. The van der Waals surface area contributed by atoms with E-state index in [9.17, 15) is 4.79 Å². The summed E-state index contributed by atoms with van der Waals surface area (Å²) in [6.07, 6.45) is 4.18. The molecule has 2 rings (SSSR count). The Morgan fingerprint density at radius 2 is 2.20 bits per heavy atom. The van der Waals surface area contributed by atoms with Crippen LogP contribution in [0.1, 0.15) is 25.0 Å². The minimum Gasteiger partial charge on any atom is -0.481 e. The number of nitrogens with zero attached hydrogens (tertiary/aromatic N) is 3. The zero-order valence-corrected chi connectivity index (χ0v) is 12.9. The molecule has 1 N–H and O–H groups in total. The van der Waals surface area contributed by atoms with E-state index in [1.807, 2.05) is 12.3 Å². The fraction of sp³-hybridized carbons (Fsp3) is 0.308. The van der Waals surface area contributed by atoms with Crippen molar-refractivity contribution < 1.29 is 9.90 Å². The van der Waals surface area contributed by atoms with Crippen molar-refractivity contribution in [1.82, 2.24) is 15.0 Å². The van der Waals surface area contributed by atoms with Crippen molar-refractivity contribution in [3.8, 4) is 5.69 Å². The van der Waals surface area contributed by atoms with Gasteiger partial charge in [0.05, 0.1) is 17.6 Å². The molecular weight excluding hydrogens is 346 g/mol. The zero-order valence-electron chi connectivity index (χ0n) is 10.6. The topological polar surface area (TPSA) is 68.0 Å². The average molecular weight is 359 g/mol. The Labute approximate surface area is 129 Å². The molecule has 1 aromatic heterocycles. The van der Waals surface area contributed by atoms with E-state index in [4.69, 9.17) is 16.7 Å². The number of carboxylic acid groups (broad SMARTS) is 1. The van der Waals surface area contributed by atoms with Gasteiger partial charge in [0.15, 0.2) is 0 Å².